The Kier molecular flexibility index (Phi) is 4.51. The second kappa shape index (κ2) is 5.69. The lowest BCUT2D eigenvalue weighted by Crippen LogP contribution is -2.17. The first-order valence-corrected chi connectivity index (χ1v) is 5.57. The van der Waals surface area contributed by atoms with Gasteiger partial charge >= 0.3 is 0 Å². The average molecular weight is 262 g/mol. The number of carbonyl (C=O) groups excluding carboxylic acids is 1. The maximum Gasteiger partial charge on any atom is 0.244 e. The fourth-order valence-corrected chi connectivity index (χ4v) is 2.03. The third-order valence-electron chi connectivity index (χ3n) is 3.13. The molecule has 3 heteroatoms. The van der Waals surface area contributed by atoms with Gasteiger partial charge < -0.3 is 5.73 Å². The van der Waals surface area contributed by atoms with Gasteiger partial charge in [-0.15, -0.1) is 12.4 Å². The van der Waals surface area contributed by atoms with Gasteiger partial charge in [0.1, 0.15) is 0 Å². The number of benzene rings is 2. The summed E-state index contributed by atoms with van der Waals surface area (Å²) in [7, 11) is 0. The van der Waals surface area contributed by atoms with Crippen LogP contribution in [0.2, 0.25) is 0 Å². The molecule has 0 heterocycles. The first-order chi connectivity index (χ1) is 8.11. The summed E-state index contributed by atoms with van der Waals surface area (Å²) >= 11 is 0. The fourth-order valence-electron chi connectivity index (χ4n) is 2.03. The van der Waals surface area contributed by atoms with Gasteiger partial charge in [0.15, 0.2) is 0 Å². The molecule has 0 fully saturated rings. The molecule has 0 aliphatic rings. The largest absolute Gasteiger partial charge is 0.366 e. The van der Waals surface area contributed by atoms with Gasteiger partial charge in [0.05, 0.1) is 0 Å². The summed E-state index contributed by atoms with van der Waals surface area (Å²) in [4.78, 5) is 11.2. The first-order valence-electron chi connectivity index (χ1n) is 5.57. The summed E-state index contributed by atoms with van der Waals surface area (Å²) in [5.41, 5.74) is 6.82. The maximum atomic E-state index is 11.2. The van der Waals surface area contributed by atoms with Crippen LogP contribution >= 0.6 is 12.4 Å². The standard InChI is InChI=1S/C15H15NO.ClH/c1-10(11(2)15(16)17)13-9-5-7-12-6-3-4-8-14(12)13;/h3-10H,2H2,1H3,(H2,16,17);1H. The van der Waals surface area contributed by atoms with Crippen molar-refractivity contribution in [1.29, 1.82) is 0 Å². The topological polar surface area (TPSA) is 43.1 Å². The maximum absolute atomic E-state index is 11.2. The zero-order valence-corrected chi connectivity index (χ0v) is 11.0. The molecule has 0 saturated carbocycles. The van der Waals surface area contributed by atoms with Crippen molar-refractivity contribution in [2.45, 2.75) is 12.8 Å². The fraction of sp³-hybridized carbons (Fsp3) is 0.133. The minimum atomic E-state index is -0.439. The number of fused-ring (bicyclic) bond motifs is 1. The van der Waals surface area contributed by atoms with Crippen LogP contribution in [0.3, 0.4) is 0 Å². The second-order valence-corrected chi connectivity index (χ2v) is 4.18. The molecule has 2 rings (SSSR count). The number of carbonyl (C=O) groups is 1. The van der Waals surface area contributed by atoms with Gasteiger partial charge in [-0.05, 0) is 16.3 Å². The van der Waals surface area contributed by atoms with Crippen LogP contribution in [-0.4, -0.2) is 5.91 Å². The molecule has 1 atom stereocenters. The van der Waals surface area contributed by atoms with Crippen molar-refractivity contribution >= 4 is 29.1 Å². The van der Waals surface area contributed by atoms with Crippen LogP contribution in [0.25, 0.3) is 10.8 Å². The van der Waals surface area contributed by atoms with Crippen LogP contribution in [-0.2, 0) is 4.79 Å². The van der Waals surface area contributed by atoms with Gasteiger partial charge in [0, 0.05) is 11.5 Å². The van der Waals surface area contributed by atoms with Crippen molar-refractivity contribution < 1.29 is 4.79 Å². The van der Waals surface area contributed by atoms with Gasteiger partial charge in [-0.25, -0.2) is 0 Å². The van der Waals surface area contributed by atoms with Crippen molar-refractivity contribution in [3.8, 4) is 0 Å². The van der Waals surface area contributed by atoms with E-state index in [2.05, 4.69) is 24.8 Å². The minimum Gasteiger partial charge on any atom is -0.366 e. The lowest BCUT2D eigenvalue weighted by atomic mass is 9.89. The molecule has 0 aromatic heterocycles. The third-order valence-corrected chi connectivity index (χ3v) is 3.13. The molecule has 18 heavy (non-hydrogen) atoms. The number of primary amides is 1. The Morgan fingerprint density at radius 1 is 1.17 bits per heavy atom. The lowest BCUT2D eigenvalue weighted by molar-refractivity contribution is -0.114. The van der Waals surface area contributed by atoms with Crippen LogP contribution < -0.4 is 5.73 Å². The lowest BCUT2D eigenvalue weighted by Gasteiger charge is -2.15. The number of rotatable bonds is 3. The van der Waals surface area contributed by atoms with Crippen LogP contribution in [0.1, 0.15) is 18.4 Å². The zero-order valence-electron chi connectivity index (χ0n) is 10.2. The molecule has 0 saturated heterocycles. The first kappa shape index (κ1) is 14.3. The van der Waals surface area contributed by atoms with Crippen molar-refractivity contribution in [2.75, 3.05) is 0 Å². The van der Waals surface area contributed by atoms with Gasteiger partial charge in [0.25, 0.3) is 0 Å². The van der Waals surface area contributed by atoms with Crippen molar-refractivity contribution in [3.63, 3.8) is 0 Å². The SMILES string of the molecule is C=C(C(N)=O)C(C)c1cccc2ccccc12.Cl. The highest BCUT2D eigenvalue weighted by Gasteiger charge is 2.15. The van der Waals surface area contributed by atoms with E-state index in [9.17, 15) is 4.79 Å². The Morgan fingerprint density at radius 3 is 2.44 bits per heavy atom. The Balaban J connectivity index is 0.00000162. The van der Waals surface area contributed by atoms with Crippen molar-refractivity contribution in [3.05, 3.63) is 60.2 Å². The van der Waals surface area contributed by atoms with E-state index in [4.69, 9.17) is 5.73 Å². The van der Waals surface area contributed by atoms with E-state index in [1.807, 2.05) is 31.2 Å². The summed E-state index contributed by atoms with van der Waals surface area (Å²) in [5, 5.41) is 2.30. The van der Waals surface area contributed by atoms with Crippen molar-refractivity contribution in [2.24, 2.45) is 5.73 Å². The molecule has 2 aromatic rings. The van der Waals surface area contributed by atoms with Crippen molar-refractivity contribution in [1.82, 2.24) is 0 Å². The number of nitrogens with two attached hydrogens (primary N) is 1. The normalized spacial score (nSPS) is 11.6. The van der Waals surface area contributed by atoms with Crippen LogP contribution in [0.15, 0.2) is 54.6 Å². The van der Waals surface area contributed by atoms with Gasteiger partial charge in [-0.3, -0.25) is 4.79 Å². The van der Waals surface area contributed by atoms with Crippen LogP contribution in [0, 0.1) is 0 Å². The molecule has 2 aromatic carbocycles. The molecule has 0 spiro atoms. The summed E-state index contributed by atoms with van der Waals surface area (Å²) in [6, 6.07) is 14.2. The Morgan fingerprint density at radius 2 is 1.78 bits per heavy atom. The molecule has 0 aliphatic heterocycles. The van der Waals surface area contributed by atoms with Crippen LogP contribution in [0.5, 0.6) is 0 Å². The van der Waals surface area contributed by atoms with E-state index in [-0.39, 0.29) is 18.3 Å². The summed E-state index contributed by atoms with van der Waals surface area (Å²) in [6.45, 7) is 5.72. The molecule has 1 unspecified atom stereocenters. The number of amides is 1. The highest BCUT2D eigenvalue weighted by Crippen LogP contribution is 2.29. The number of hydrogen-bond acceptors (Lipinski definition) is 1. The molecule has 1 amide bonds. The Bertz CT molecular complexity index is 587. The van der Waals surface area contributed by atoms with Gasteiger partial charge in [-0.2, -0.15) is 0 Å². The summed E-state index contributed by atoms with van der Waals surface area (Å²) in [5.74, 6) is -0.496. The molecular formula is C15H16ClNO. The predicted molar refractivity (Wildman–Crippen MR) is 77.9 cm³/mol. The van der Waals surface area contributed by atoms with E-state index < -0.39 is 5.91 Å². The van der Waals surface area contributed by atoms with E-state index in [1.54, 1.807) is 0 Å². The second-order valence-electron chi connectivity index (χ2n) is 4.18. The highest BCUT2D eigenvalue weighted by molar-refractivity contribution is 5.95. The molecule has 0 bridgehead atoms. The zero-order chi connectivity index (χ0) is 12.4. The van der Waals surface area contributed by atoms with E-state index >= 15 is 0 Å². The number of hydrogen-bond donors (Lipinski definition) is 1. The smallest absolute Gasteiger partial charge is 0.244 e. The Labute approximate surface area is 113 Å². The summed E-state index contributed by atoms with van der Waals surface area (Å²) in [6.07, 6.45) is 0. The van der Waals surface area contributed by atoms with E-state index in [1.165, 1.54) is 0 Å². The molecule has 0 aliphatic carbocycles. The number of halogens is 1. The third kappa shape index (κ3) is 2.54. The molecule has 2 N–H and O–H groups in total. The molecule has 2 nitrogen and oxygen atoms in total. The Hall–Kier alpha value is -1.80. The van der Waals surface area contributed by atoms with E-state index in [0.29, 0.717) is 5.57 Å². The summed E-state index contributed by atoms with van der Waals surface area (Å²) < 4.78 is 0. The minimum absolute atomic E-state index is 0. The average Bonchev–Trinajstić information content (AvgIpc) is 2.36. The van der Waals surface area contributed by atoms with Gasteiger partial charge in [0.2, 0.25) is 5.91 Å². The highest BCUT2D eigenvalue weighted by atomic mass is 35.5. The van der Waals surface area contributed by atoms with E-state index in [0.717, 1.165) is 16.3 Å². The monoisotopic (exact) mass is 261 g/mol. The molecular weight excluding hydrogens is 246 g/mol. The molecule has 0 radical (unpaired) electrons. The molecule has 94 valence electrons. The predicted octanol–water partition coefficient (Wildman–Crippen LogP) is 3.41. The van der Waals surface area contributed by atoms with Gasteiger partial charge in [-0.1, -0.05) is 56.0 Å². The van der Waals surface area contributed by atoms with Crippen LogP contribution in [0.4, 0.5) is 0 Å². The quantitative estimate of drug-likeness (QED) is 0.846.